The van der Waals surface area contributed by atoms with E-state index in [2.05, 4.69) is 13.0 Å². The second-order valence-corrected chi connectivity index (χ2v) is 5.98. The van der Waals surface area contributed by atoms with Gasteiger partial charge < -0.3 is 4.74 Å². The third-order valence-electron chi connectivity index (χ3n) is 3.25. The summed E-state index contributed by atoms with van der Waals surface area (Å²) >= 11 is 0. The van der Waals surface area contributed by atoms with Crippen molar-refractivity contribution in [3.8, 4) is 6.07 Å². The molecule has 1 unspecified atom stereocenters. The monoisotopic (exact) mass is 252 g/mol. The number of amides is 1. The first-order valence-electron chi connectivity index (χ1n) is 6.76. The van der Waals surface area contributed by atoms with E-state index in [1.807, 2.05) is 20.8 Å². The number of nitriles is 1. The Balaban J connectivity index is 2.79. The summed E-state index contributed by atoms with van der Waals surface area (Å²) in [4.78, 5) is 13.8. The topological polar surface area (TPSA) is 53.3 Å². The van der Waals surface area contributed by atoms with Gasteiger partial charge in [0.05, 0.1) is 6.07 Å². The fourth-order valence-corrected chi connectivity index (χ4v) is 2.36. The van der Waals surface area contributed by atoms with Gasteiger partial charge in [-0.2, -0.15) is 5.26 Å². The van der Waals surface area contributed by atoms with E-state index in [9.17, 15) is 10.1 Å². The molecular formula is C14H24N2O2. The molecule has 1 aliphatic heterocycles. The average molecular weight is 252 g/mol. The number of carbonyl (C=O) groups is 1. The van der Waals surface area contributed by atoms with E-state index in [1.54, 1.807) is 4.90 Å². The van der Waals surface area contributed by atoms with Crippen LogP contribution in [-0.4, -0.2) is 28.7 Å². The Morgan fingerprint density at radius 1 is 1.50 bits per heavy atom. The van der Waals surface area contributed by atoms with Crippen molar-refractivity contribution in [2.75, 3.05) is 6.54 Å². The van der Waals surface area contributed by atoms with E-state index in [1.165, 1.54) is 0 Å². The molecule has 0 N–H and O–H groups in total. The van der Waals surface area contributed by atoms with E-state index < -0.39 is 11.1 Å². The van der Waals surface area contributed by atoms with Crippen LogP contribution in [0.1, 0.15) is 59.8 Å². The molecule has 0 radical (unpaired) electrons. The second kappa shape index (κ2) is 5.60. The van der Waals surface area contributed by atoms with E-state index in [-0.39, 0.29) is 6.09 Å². The van der Waals surface area contributed by atoms with Crippen LogP contribution < -0.4 is 0 Å². The molecule has 1 amide bonds. The SMILES string of the molecule is CCCCC1(C#N)CCCN1C(=O)OC(C)(C)C. The van der Waals surface area contributed by atoms with E-state index in [0.717, 1.165) is 32.1 Å². The van der Waals surface area contributed by atoms with Crippen molar-refractivity contribution in [1.29, 1.82) is 5.26 Å². The summed E-state index contributed by atoms with van der Waals surface area (Å²) in [7, 11) is 0. The fraction of sp³-hybridized carbons (Fsp3) is 0.857. The lowest BCUT2D eigenvalue weighted by molar-refractivity contribution is 0.0144. The third kappa shape index (κ3) is 3.38. The Kier molecular flexibility index (Phi) is 4.61. The molecule has 0 bridgehead atoms. The Morgan fingerprint density at radius 3 is 2.67 bits per heavy atom. The number of hydrogen-bond donors (Lipinski definition) is 0. The summed E-state index contributed by atoms with van der Waals surface area (Å²) in [6.07, 6.45) is 4.05. The standard InChI is InChI=1S/C14H24N2O2/c1-5-6-8-14(11-15)9-7-10-16(14)12(17)18-13(2,3)4/h5-10H2,1-4H3. The Morgan fingerprint density at radius 2 is 2.17 bits per heavy atom. The first-order valence-corrected chi connectivity index (χ1v) is 6.76. The van der Waals surface area contributed by atoms with Crippen molar-refractivity contribution in [1.82, 2.24) is 4.90 Å². The largest absolute Gasteiger partial charge is 0.444 e. The van der Waals surface area contributed by atoms with Crippen molar-refractivity contribution in [2.24, 2.45) is 0 Å². The molecule has 0 aromatic heterocycles. The highest BCUT2D eigenvalue weighted by Gasteiger charge is 2.45. The van der Waals surface area contributed by atoms with Gasteiger partial charge in [0, 0.05) is 6.54 Å². The van der Waals surface area contributed by atoms with E-state index >= 15 is 0 Å². The van der Waals surface area contributed by atoms with Gasteiger partial charge in [0.15, 0.2) is 0 Å². The second-order valence-electron chi connectivity index (χ2n) is 5.98. The number of unbranched alkanes of at least 4 members (excludes halogenated alkanes) is 1. The van der Waals surface area contributed by atoms with Gasteiger partial charge in [-0.05, 0) is 40.0 Å². The molecule has 0 saturated carbocycles. The smallest absolute Gasteiger partial charge is 0.411 e. The van der Waals surface area contributed by atoms with Gasteiger partial charge in [-0.25, -0.2) is 4.79 Å². The van der Waals surface area contributed by atoms with Crippen molar-refractivity contribution >= 4 is 6.09 Å². The maximum atomic E-state index is 12.2. The molecule has 4 nitrogen and oxygen atoms in total. The molecule has 1 atom stereocenters. The summed E-state index contributed by atoms with van der Waals surface area (Å²) in [5.74, 6) is 0. The van der Waals surface area contributed by atoms with Crippen LogP contribution in [0.3, 0.4) is 0 Å². The molecule has 1 rings (SSSR count). The molecule has 4 heteroatoms. The number of rotatable bonds is 3. The van der Waals surface area contributed by atoms with Crippen molar-refractivity contribution in [3.63, 3.8) is 0 Å². The molecule has 18 heavy (non-hydrogen) atoms. The molecule has 0 aromatic carbocycles. The van der Waals surface area contributed by atoms with Gasteiger partial charge in [-0.1, -0.05) is 19.8 Å². The van der Waals surface area contributed by atoms with Gasteiger partial charge >= 0.3 is 6.09 Å². The van der Waals surface area contributed by atoms with Gasteiger partial charge in [0.1, 0.15) is 11.1 Å². The predicted molar refractivity (Wildman–Crippen MR) is 70.0 cm³/mol. The lowest BCUT2D eigenvalue weighted by atomic mass is 9.91. The zero-order valence-corrected chi connectivity index (χ0v) is 12.0. The van der Waals surface area contributed by atoms with Crippen molar-refractivity contribution in [2.45, 2.75) is 70.9 Å². The maximum Gasteiger partial charge on any atom is 0.411 e. The van der Waals surface area contributed by atoms with Crippen LogP contribution in [0.15, 0.2) is 0 Å². The number of carbonyl (C=O) groups excluding carboxylic acids is 1. The highest BCUT2D eigenvalue weighted by molar-refractivity contribution is 5.70. The first kappa shape index (κ1) is 14.8. The molecule has 0 spiro atoms. The highest BCUT2D eigenvalue weighted by Crippen LogP contribution is 2.34. The highest BCUT2D eigenvalue weighted by atomic mass is 16.6. The summed E-state index contributed by atoms with van der Waals surface area (Å²) < 4.78 is 5.39. The van der Waals surface area contributed by atoms with Crippen LogP contribution in [0.2, 0.25) is 0 Å². The maximum absolute atomic E-state index is 12.2. The zero-order chi connectivity index (χ0) is 13.8. The molecule has 0 aliphatic carbocycles. The van der Waals surface area contributed by atoms with Crippen LogP contribution >= 0.6 is 0 Å². The van der Waals surface area contributed by atoms with Crippen LogP contribution in [0.5, 0.6) is 0 Å². The van der Waals surface area contributed by atoms with Crippen LogP contribution in [0.25, 0.3) is 0 Å². The summed E-state index contributed by atoms with van der Waals surface area (Å²) in [6, 6.07) is 2.35. The third-order valence-corrected chi connectivity index (χ3v) is 3.25. The first-order chi connectivity index (χ1) is 8.34. The number of hydrogen-bond acceptors (Lipinski definition) is 3. The number of likely N-dealkylation sites (tertiary alicyclic amines) is 1. The average Bonchev–Trinajstić information content (AvgIpc) is 2.68. The number of nitrogens with zero attached hydrogens (tertiary/aromatic N) is 2. The predicted octanol–water partition coefficient (Wildman–Crippen LogP) is 3.47. The Bertz CT molecular complexity index is 341. The molecular weight excluding hydrogens is 228 g/mol. The molecule has 1 heterocycles. The van der Waals surface area contributed by atoms with E-state index in [4.69, 9.17) is 4.74 Å². The minimum Gasteiger partial charge on any atom is -0.444 e. The Hall–Kier alpha value is -1.24. The van der Waals surface area contributed by atoms with Crippen LogP contribution in [0.4, 0.5) is 4.79 Å². The van der Waals surface area contributed by atoms with Crippen molar-refractivity contribution in [3.05, 3.63) is 0 Å². The lowest BCUT2D eigenvalue weighted by Gasteiger charge is -2.34. The van der Waals surface area contributed by atoms with Gasteiger partial charge in [0.25, 0.3) is 0 Å². The normalized spacial score (nSPS) is 23.8. The van der Waals surface area contributed by atoms with Gasteiger partial charge in [0.2, 0.25) is 0 Å². The summed E-state index contributed by atoms with van der Waals surface area (Å²) in [5, 5.41) is 9.46. The van der Waals surface area contributed by atoms with Gasteiger partial charge in [-0.15, -0.1) is 0 Å². The summed E-state index contributed by atoms with van der Waals surface area (Å²) in [5.41, 5.74) is -1.15. The molecule has 0 aromatic rings. The zero-order valence-electron chi connectivity index (χ0n) is 12.0. The minimum absolute atomic E-state index is 0.349. The van der Waals surface area contributed by atoms with Crippen LogP contribution in [-0.2, 0) is 4.74 Å². The molecule has 1 aliphatic rings. The molecule has 1 saturated heterocycles. The lowest BCUT2D eigenvalue weighted by Crippen LogP contribution is -2.48. The molecule has 102 valence electrons. The van der Waals surface area contributed by atoms with Crippen LogP contribution in [0, 0.1) is 11.3 Å². The summed E-state index contributed by atoms with van der Waals surface area (Å²) in [6.45, 7) is 8.27. The Labute approximate surface area is 110 Å². The quantitative estimate of drug-likeness (QED) is 0.772. The molecule has 1 fully saturated rings. The minimum atomic E-state index is -0.641. The fourth-order valence-electron chi connectivity index (χ4n) is 2.36. The number of ether oxygens (including phenoxy) is 1. The van der Waals surface area contributed by atoms with Gasteiger partial charge in [-0.3, -0.25) is 4.90 Å². The van der Waals surface area contributed by atoms with Crippen molar-refractivity contribution < 1.29 is 9.53 Å². The van der Waals surface area contributed by atoms with E-state index in [0.29, 0.717) is 6.54 Å².